The number of nitrogens with zero attached hydrogens (tertiary/aromatic N) is 1. The van der Waals surface area contributed by atoms with Crippen LogP contribution in [0.15, 0.2) is 0 Å². The first kappa shape index (κ1) is 6.92. The van der Waals surface area contributed by atoms with E-state index in [0.29, 0.717) is 0 Å². The van der Waals surface area contributed by atoms with Crippen LogP contribution in [-0.2, 0) is 4.84 Å². The fraction of sp³-hybridized carbons (Fsp3) is 1.00. The summed E-state index contributed by atoms with van der Waals surface area (Å²) in [4.78, 5) is 4.82. The fourth-order valence-corrected chi connectivity index (χ4v) is 0.224. The molecular formula is C5H12NO. The lowest BCUT2D eigenvalue weighted by atomic mass is 10.5. The van der Waals surface area contributed by atoms with Gasteiger partial charge in [0.1, 0.15) is 0 Å². The van der Waals surface area contributed by atoms with Gasteiger partial charge in [0.2, 0.25) is 0 Å². The molecule has 0 saturated heterocycles. The Morgan fingerprint density at radius 2 is 2.14 bits per heavy atom. The summed E-state index contributed by atoms with van der Waals surface area (Å²) in [5, 5.41) is 0. The van der Waals surface area contributed by atoms with Crippen LogP contribution in [0.5, 0.6) is 0 Å². The van der Waals surface area contributed by atoms with Crippen molar-refractivity contribution in [3.63, 3.8) is 0 Å². The van der Waals surface area contributed by atoms with Crippen molar-refractivity contribution in [2.24, 2.45) is 0 Å². The van der Waals surface area contributed by atoms with E-state index in [4.69, 9.17) is 4.84 Å². The van der Waals surface area contributed by atoms with Crippen molar-refractivity contribution in [2.45, 2.75) is 26.9 Å². The van der Waals surface area contributed by atoms with Gasteiger partial charge in [0.05, 0.1) is 6.10 Å². The van der Waals surface area contributed by atoms with E-state index < -0.39 is 0 Å². The topological polar surface area (TPSA) is 23.3 Å². The minimum Gasteiger partial charge on any atom is -0.279 e. The van der Waals surface area contributed by atoms with Gasteiger partial charge in [0, 0.05) is 6.54 Å². The van der Waals surface area contributed by atoms with Crippen LogP contribution in [0.1, 0.15) is 20.8 Å². The summed E-state index contributed by atoms with van der Waals surface area (Å²) < 4.78 is 0. The molecule has 0 heterocycles. The fourth-order valence-electron chi connectivity index (χ4n) is 0.224. The maximum Gasteiger partial charge on any atom is 0.0754 e. The van der Waals surface area contributed by atoms with E-state index in [-0.39, 0.29) is 6.10 Å². The third-order valence-corrected chi connectivity index (χ3v) is 0.414. The predicted molar refractivity (Wildman–Crippen MR) is 28.9 cm³/mol. The maximum atomic E-state index is 4.82. The molecule has 0 unspecified atom stereocenters. The molecule has 43 valence electrons. The van der Waals surface area contributed by atoms with Gasteiger partial charge in [-0.2, -0.15) is 0 Å². The van der Waals surface area contributed by atoms with Crippen molar-refractivity contribution in [3.8, 4) is 0 Å². The second-order valence-corrected chi connectivity index (χ2v) is 1.60. The first-order valence-corrected chi connectivity index (χ1v) is 2.60. The highest BCUT2D eigenvalue weighted by Crippen LogP contribution is 1.81. The van der Waals surface area contributed by atoms with E-state index in [1.807, 2.05) is 20.8 Å². The van der Waals surface area contributed by atoms with E-state index in [1.54, 1.807) is 0 Å². The summed E-state index contributed by atoms with van der Waals surface area (Å²) in [5.41, 5.74) is 3.67. The van der Waals surface area contributed by atoms with Crippen LogP contribution in [0.2, 0.25) is 0 Å². The molecule has 0 aliphatic heterocycles. The number of hydrogen-bond donors (Lipinski definition) is 0. The van der Waals surface area contributed by atoms with Gasteiger partial charge in [-0.05, 0) is 20.8 Å². The average Bonchev–Trinajstić information content (AvgIpc) is 1.61. The van der Waals surface area contributed by atoms with Gasteiger partial charge in [-0.25, -0.2) is 0 Å². The van der Waals surface area contributed by atoms with E-state index in [1.165, 1.54) is 0 Å². The van der Waals surface area contributed by atoms with E-state index >= 15 is 0 Å². The van der Waals surface area contributed by atoms with Crippen molar-refractivity contribution in [3.05, 3.63) is 0 Å². The Hall–Kier alpha value is -0.0800. The van der Waals surface area contributed by atoms with E-state index in [9.17, 15) is 0 Å². The predicted octanol–water partition coefficient (Wildman–Crippen LogP) is 0.951. The Morgan fingerprint density at radius 3 is 2.29 bits per heavy atom. The molecule has 0 aromatic heterocycles. The molecule has 1 radical (unpaired) electrons. The zero-order chi connectivity index (χ0) is 5.70. The van der Waals surface area contributed by atoms with Gasteiger partial charge in [0.25, 0.3) is 0 Å². The van der Waals surface area contributed by atoms with Crippen molar-refractivity contribution in [2.75, 3.05) is 6.54 Å². The SMILES string of the molecule is CC[N]OC(C)C. The lowest BCUT2D eigenvalue weighted by Gasteiger charge is -2.01. The minimum atomic E-state index is 0.236. The van der Waals surface area contributed by atoms with Crippen LogP contribution >= 0.6 is 0 Å². The van der Waals surface area contributed by atoms with Gasteiger partial charge in [0.15, 0.2) is 0 Å². The average molecular weight is 102 g/mol. The highest BCUT2D eigenvalue weighted by Gasteiger charge is 1.88. The molecule has 2 heteroatoms. The Labute approximate surface area is 44.8 Å². The third-order valence-electron chi connectivity index (χ3n) is 0.414. The second-order valence-electron chi connectivity index (χ2n) is 1.60. The Kier molecular flexibility index (Phi) is 4.04. The molecule has 0 aliphatic carbocycles. The van der Waals surface area contributed by atoms with Crippen LogP contribution in [-0.4, -0.2) is 12.6 Å². The van der Waals surface area contributed by atoms with Crippen molar-refractivity contribution in [1.29, 1.82) is 0 Å². The first-order chi connectivity index (χ1) is 3.27. The first-order valence-electron chi connectivity index (χ1n) is 2.60. The Balaban J connectivity index is 2.68. The molecule has 0 aromatic carbocycles. The monoisotopic (exact) mass is 102 g/mol. The maximum absolute atomic E-state index is 4.82. The molecule has 0 aliphatic rings. The molecule has 0 aromatic rings. The summed E-state index contributed by atoms with van der Waals surface area (Å²) in [6.07, 6.45) is 0.236. The number of hydrogen-bond acceptors (Lipinski definition) is 1. The van der Waals surface area contributed by atoms with Gasteiger partial charge in [-0.15, -0.1) is 0 Å². The van der Waals surface area contributed by atoms with Crippen LogP contribution in [0.3, 0.4) is 0 Å². The normalized spacial score (nSPS) is 10.3. The quantitative estimate of drug-likeness (QED) is 0.486. The smallest absolute Gasteiger partial charge is 0.0754 e. The summed E-state index contributed by atoms with van der Waals surface area (Å²) in [6.45, 7) is 6.61. The van der Waals surface area contributed by atoms with Gasteiger partial charge in [-0.1, -0.05) is 5.48 Å². The molecule has 0 saturated carbocycles. The van der Waals surface area contributed by atoms with E-state index in [0.717, 1.165) is 6.54 Å². The molecule has 0 amide bonds. The number of hydroxylamine groups is 1. The molecule has 7 heavy (non-hydrogen) atoms. The highest BCUT2D eigenvalue weighted by atomic mass is 16.7. The Bertz CT molecular complexity index is 37.1. The van der Waals surface area contributed by atoms with Crippen LogP contribution in [0.4, 0.5) is 0 Å². The molecule has 0 N–H and O–H groups in total. The van der Waals surface area contributed by atoms with Gasteiger partial charge < -0.3 is 0 Å². The van der Waals surface area contributed by atoms with Crippen LogP contribution in [0, 0.1) is 0 Å². The lowest BCUT2D eigenvalue weighted by molar-refractivity contribution is -0.00926. The molecule has 0 fully saturated rings. The number of rotatable bonds is 3. The summed E-state index contributed by atoms with van der Waals surface area (Å²) in [5.74, 6) is 0. The third kappa shape index (κ3) is 5.92. The highest BCUT2D eigenvalue weighted by molar-refractivity contribution is 4.29. The lowest BCUT2D eigenvalue weighted by Crippen LogP contribution is -2.11. The Morgan fingerprint density at radius 1 is 1.57 bits per heavy atom. The molecule has 2 nitrogen and oxygen atoms in total. The summed E-state index contributed by atoms with van der Waals surface area (Å²) in [7, 11) is 0. The van der Waals surface area contributed by atoms with Crippen LogP contribution in [0.25, 0.3) is 0 Å². The minimum absolute atomic E-state index is 0.236. The molecule has 0 spiro atoms. The standard InChI is InChI=1S/C5H12NO/c1-4-6-7-5(2)3/h5H,4H2,1-3H3. The van der Waals surface area contributed by atoms with Crippen LogP contribution < -0.4 is 5.48 Å². The summed E-state index contributed by atoms with van der Waals surface area (Å²) >= 11 is 0. The largest absolute Gasteiger partial charge is 0.279 e. The van der Waals surface area contributed by atoms with E-state index in [2.05, 4.69) is 5.48 Å². The van der Waals surface area contributed by atoms with Crippen molar-refractivity contribution in [1.82, 2.24) is 5.48 Å². The van der Waals surface area contributed by atoms with Crippen molar-refractivity contribution < 1.29 is 4.84 Å². The molecule has 0 bridgehead atoms. The summed E-state index contributed by atoms with van der Waals surface area (Å²) in [6, 6.07) is 0. The van der Waals surface area contributed by atoms with Crippen molar-refractivity contribution >= 4 is 0 Å². The zero-order valence-corrected chi connectivity index (χ0v) is 5.14. The molecule has 0 rings (SSSR count). The van der Waals surface area contributed by atoms with Gasteiger partial charge in [-0.3, -0.25) is 4.84 Å². The zero-order valence-electron chi connectivity index (χ0n) is 5.14. The molecule has 0 atom stereocenters. The van der Waals surface area contributed by atoms with Gasteiger partial charge >= 0.3 is 0 Å². The molecular weight excluding hydrogens is 90.1 g/mol. The second kappa shape index (κ2) is 4.09.